The predicted octanol–water partition coefficient (Wildman–Crippen LogP) is 3.68. The lowest BCUT2D eigenvalue weighted by atomic mass is 9.94. The molecule has 0 radical (unpaired) electrons. The molecule has 1 saturated carbocycles. The summed E-state index contributed by atoms with van der Waals surface area (Å²) in [5, 5.41) is 0. The molecule has 0 N–H and O–H groups in total. The number of Topliss-reactive ketones (excluding diaryl/α,β-unsaturated/α-hetero) is 1. The first kappa shape index (κ1) is 11.6. The highest BCUT2D eigenvalue weighted by molar-refractivity contribution is 9.10. The van der Waals surface area contributed by atoms with Crippen LogP contribution in [0.2, 0.25) is 0 Å². The van der Waals surface area contributed by atoms with Gasteiger partial charge in [0.25, 0.3) is 0 Å². The van der Waals surface area contributed by atoms with Gasteiger partial charge in [0.15, 0.2) is 0 Å². The number of halogens is 1. The van der Waals surface area contributed by atoms with Gasteiger partial charge >= 0.3 is 0 Å². The summed E-state index contributed by atoms with van der Waals surface area (Å²) in [6.07, 6.45) is 1.22. The largest absolute Gasteiger partial charge is 0.489 e. The van der Waals surface area contributed by atoms with Crippen molar-refractivity contribution in [3.05, 3.63) is 28.2 Å². The van der Waals surface area contributed by atoms with Crippen molar-refractivity contribution >= 4 is 21.7 Å². The SMILES string of the molecule is CC(C)c1cc(Br)ccc1OC1CC(=O)C1. The maximum absolute atomic E-state index is 10.9. The number of benzene rings is 1. The lowest BCUT2D eigenvalue weighted by Gasteiger charge is -2.27. The molecule has 0 saturated heterocycles. The average molecular weight is 283 g/mol. The molecule has 0 aliphatic heterocycles. The van der Waals surface area contributed by atoms with E-state index in [1.165, 1.54) is 5.56 Å². The Labute approximate surface area is 104 Å². The van der Waals surface area contributed by atoms with E-state index in [0.29, 0.717) is 24.5 Å². The first-order chi connectivity index (χ1) is 7.56. The van der Waals surface area contributed by atoms with Crippen molar-refractivity contribution < 1.29 is 9.53 Å². The number of carbonyl (C=O) groups excluding carboxylic acids is 1. The van der Waals surface area contributed by atoms with E-state index in [1.807, 2.05) is 12.1 Å². The van der Waals surface area contributed by atoms with Crippen LogP contribution in [-0.2, 0) is 4.79 Å². The van der Waals surface area contributed by atoms with Crippen LogP contribution in [0, 0.1) is 0 Å². The third-order valence-electron chi connectivity index (χ3n) is 2.80. The van der Waals surface area contributed by atoms with E-state index in [2.05, 4.69) is 35.8 Å². The Hall–Kier alpha value is -0.830. The number of ketones is 1. The lowest BCUT2D eigenvalue weighted by Crippen LogP contribution is -2.34. The third-order valence-corrected chi connectivity index (χ3v) is 3.29. The maximum Gasteiger partial charge on any atom is 0.140 e. The van der Waals surface area contributed by atoms with Crippen LogP contribution in [0.15, 0.2) is 22.7 Å². The quantitative estimate of drug-likeness (QED) is 0.845. The van der Waals surface area contributed by atoms with E-state index in [9.17, 15) is 4.79 Å². The van der Waals surface area contributed by atoms with E-state index in [1.54, 1.807) is 0 Å². The molecule has 1 aliphatic carbocycles. The molecule has 16 heavy (non-hydrogen) atoms. The van der Waals surface area contributed by atoms with Gasteiger partial charge in [0.1, 0.15) is 17.6 Å². The Balaban J connectivity index is 2.16. The van der Waals surface area contributed by atoms with Gasteiger partial charge in [-0.3, -0.25) is 4.79 Å². The van der Waals surface area contributed by atoms with E-state index in [4.69, 9.17) is 4.74 Å². The van der Waals surface area contributed by atoms with E-state index in [0.717, 1.165) is 10.2 Å². The van der Waals surface area contributed by atoms with Gasteiger partial charge in [0.05, 0.1) is 0 Å². The summed E-state index contributed by atoms with van der Waals surface area (Å²) in [4.78, 5) is 10.9. The summed E-state index contributed by atoms with van der Waals surface area (Å²) in [6, 6.07) is 6.03. The average Bonchev–Trinajstić information content (AvgIpc) is 2.17. The second-order valence-corrected chi connectivity index (χ2v) is 5.44. The molecule has 0 bridgehead atoms. The molecule has 0 heterocycles. The minimum absolute atomic E-state index is 0.0891. The monoisotopic (exact) mass is 282 g/mol. The zero-order valence-corrected chi connectivity index (χ0v) is 11.1. The molecular weight excluding hydrogens is 268 g/mol. The fraction of sp³-hybridized carbons (Fsp3) is 0.462. The van der Waals surface area contributed by atoms with Crippen LogP contribution in [0.1, 0.15) is 38.2 Å². The van der Waals surface area contributed by atoms with Gasteiger partial charge in [-0.05, 0) is 29.7 Å². The standard InChI is InChI=1S/C13H15BrO2/c1-8(2)12-5-9(14)3-4-13(12)16-11-6-10(15)7-11/h3-5,8,11H,6-7H2,1-2H3. The molecule has 86 valence electrons. The zero-order chi connectivity index (χ0) is 11.7. The Bertz CT molecular complexity index is 404. The lowest BCUT2D eigenvalue weighted by molar-refractivity contribution is -0.129. The smallest absolute Gasteiger partial charge is 0.140 e. The van der Waals surface area contributed by atoms with Gasteiger partial charge in [0.2, 0.25) is 0 Å². The molecule has 0 unspecified atom stereocenters. The summed E-state index contributed by atoms with van der Waals surface area (Å²) >= 11 is 3.46. The number of carbonyl (C=O) groups is 1. The fourth-order valence-electron chi connectivity index (χ4n) is 1.79. The highest BCUT2D eigenvalue weighted by atomic mass is 79.9. The molecule has 0 amide bonds. The van der Waals surface area contributed by atoms with Gasteiger partial charge in [0, 0.05) is 17.3 Å². The van der Waals surface area contributed by atoms with Gasteiger partial charge in [-0.25, -0.2) is 0 Å². The number of rotatable bonds is 3. The molecule has 1 aromatic rings. The number of hydrogen-bond acceptors (Lipinski definition) is 2. The van der Waals surface area contributed by atoms with Crippen molar-refractivity contribution in [1.29, 1.82) is 0 Å². The number of hydrogen-bond donors (Lipinski definition) is 0. The van der Waals surface area contributed by atoms with E-state index < -0.39 is 0 Å². The van der Waals surface area contributed by atoms with Gasteiger partial charge in [-0.15, -0.1) is 0 Å². The summed E-state index contributed by atoms with van der Waals surface area (Å²) in [5.41, 5.74) is 1.19. The first-order valence-electron chi connectivity index (χ1n) is 5.54. The van der Waals surface area contributed by atoms with Crippen molar-refractivity contribution in [2.24, 2.45) is 0 Å². The van der Waals surface area contributed by atoms with Crippen LogP contribution in [0.25, 0.3) is 0 Å². The molecule has 0 atom stereocenters. The third kappa shape index (κ3) is 2.46. The molecule has 1 aliphatic rings. The van der Waals surface area contributed by atoms with Crippen molar-refractivity contribution in [2.75, 3.05) is 0 Å². The Morgan fingerprint density at radius 2 is 2.06 bits per heavy atom. The van der Waals surface area contributed by atoms with Crippen molar-refractivity contribution in [3.63, 3.8) is 0 Å². The topological polar surface area (TPSA) is 26.3 Å². The van der Waals surface area contributed by atoms with Crippen LogP contribution < -0.4 is 4.74 Å². The van der Waals surface area contributed by atoms with Crippen molar-refractivity contribution in [2.45, 2.75) is 38.7 Å². The summed E-state index contributed by atoms with van der Waals surface area (Å²) in [5.74, 6) is 1.63. The first-order valence-corrected chi connectivity index (χ1v) is 6.33. The van der Waals surface area contributed by atoms with Crippen molar-refractivity contribution in [3.8, 4) is 5.75 Å². The highest BCUT2D eigenvalue weighted by Gasteiger charge is 2.29. The van der Waals surface area contributed by atoms with Crippen LogP contribution in [0.3, 0.4) is 0 Å². The summed E-state index contributed by atoms with van der Waals surface area (Å²) < 4.78 is 6.89. The second-order valence-electron chi connectivity index (χ2n) is 4.52. The Morgan fingerprint density at radius 1 is 1.38 bits per heavy atom. The van der Waals surface area contributed by atoms with E-state index in [-0.39, 0.29) is 6.10 Å². The van der Waals surface area contributed by atoms with Crippen LogP contribution in [0.5, 0.6) is 5.75 Å². The summed E-state index contributed by atoms with van der Waals surface area (Å²) in [6.45, 7) is 4.28. The minimum atomic E-state index is 0.0891. The minimum Gasteiger partial charge on any atom is -0.489 e. The van der Waals surface area contributed by atoms with Gasteiger partial charge in [-0.1, -0.05) is 29.8 Å². The molecule has 0 spiro atoms. The maximum atomic E-state index is 10.9. The Kier molecular flexibility index (Phi) is 3.33. The predicted molar refractivity (Wildman–Crippen MR) is 66.9 cm³/mol. The van der Waals surface area contributed by atoms with Gasteiger partial charge in [-0.2, -0.15) is 0 Å². The van der Waals surface area contributed by atoms with Crippen molar-refractivity contribution in [1.82, 2.24) is 0 Å². The second kappa shape index (κ2) is 4.58. The molecule has 2 nitrogen and oxygen atoms in total. The highest BCUT2D eigenvalue weighted by Crippen LogP contribution is 2.32. The molecule has 1 aromatic carbocycles. The normalized spacial score (nSPS) is 16.4. The van der Waals surface area contributed by atoms with Crippen LogP contribution in [-0.4, -0.2) is 11.9 Å². The Morgan fingerprint density at radius 3 is 2.62 bits per heavy atom. The molecule has 1 fully saturated rings. The van der Waals surface area contributed by atoms with E-state index >= 15 is 0 Å². The fourth-order valence-corrected chi connectivity index (χ4v) is 2.17. The molecular formula is C13H15BrO2. The van der Waals surface area contributed by atoms with Crippen LogP contribution >= 0.6 is 15.9 Å². The zero-order valence-electron chi connectivity index (χ0n) is 9.50. The molecule has 2 rings (SSSR count). The van der Waals surface area contributed by atoms with Gasteiger partial charge < -0.3 is 4.74 Å². The van der Waals surface area contributed by atoms with Crippen LogP contribution in [0.4, 0.5) is 0 Å². The molecule has 3 heteroatoms. The summed E-state index contributed by atoms with van der Waals surface area (Å²) in [7, 11) is 0. The number of ether oxygens (including phenoxy) is 1. The molecule has 0 aromatic heterocycles.